The number of amides is 4. The third kappa shape index (κ3) is 8.03. The molecule has 0 bridgehead atoms. The lowest BCUT2D eigenvalue weighted by molar-refractivity contribution is -0.255. The summed E-state index contributed by atoms with van der Waals surface area (Å²) in [6.45, 7) is 2.73. The number of carboxylic acid groups (broad SMARTS) is 2. The molecule has 0 aliphatic carbocycles. The Labute approximate surface area is 209 Å². The van der Waals surface area contributed by atoms with E-state index >= 15 is 0 Å². The summed E-state index contributed by atoms with van der Waals surface area (Å²) in [6, 6.07) is 6.86. The number of aryl methyl sites for hydroxylation is 2. The maximum Gasteiger partial charge on any atom is 0.265 e. The van der Waals surface area contributed by atoms with Gasteiger partial charge < -0.3 is 46.0 Å². The van der Waals surface area contributed by atoms with Crippen molar-refractivity contribution in [1.29, 1.82) is 0 Å². The second kappa shape index (κ2) is 12.3. The number of rotatable bonds is 9. The molecular formula is C21H24N6O6S2-2. The van der Waals surface area contributed by atoms with Crippen LogP contribution in [0.25, 0.3) is 0 Å². The molecule has 188 valence electrons. The van der Waals surface area contributed by atoms with Gasteiger partial charge in [0.05, 0.1) is 5.69 Å². The standard InChI is InChI=1S/C21H26N6O6S2/c1-12(28)22-19-24-15(16(35-19)17(29)27-8-10-34-11-9-27)7-4-13-2-5-14(6-3-13)23-18(25-20(30)31)26-21(32)33/h2-3,5-6,18,23,25-26H,4,7-11H2,1H3,(H,30,31)(H,32,33)(H,22,24,28)/p-2. The van der Waals surface area contributed by atoms with Crippen molar-refractivity contribution in [3.8, 4) is 0 Å². The molecule has 2 heterocycles. The predicted molar refractivity (Wildman–Crippen MR) is 128 cm³/mol. The number of thiazole rings is 1. The van der Waals surface area contributed by atoms with Gasteiger partial charge in [-0.3, -0.25) is 9.59 Å². The van der Waals surface area contributed by atoms with E-state index in [-0.39, 0.29) is 11.8 Å². The van der Waals surface area contributed by atoms with E-state index in [9.17, 15) is 29.4 Å². The van der Waals surface area contributed by atoms with Crippen LogP contribution in [0.1, 0.15) is 27.9 Å². The van der Waals surface area contributed by atoms with E-state index < -0.39 is 18.5 Å². The smallest absolute Gasteiger partial charge is 0.265 e. The lowest BCUT2D eigenvalue weighted by Crippen LogP contribution is -2.58. The van der Waals surface area contributed by atoms with Gasteiger partial charge >= 0.3 is 0 Å². The molecule has 1 aliphatic heterocycles. The Kier molecular flexibility index (Phi) is 9.14. The van der Waals surface area contributed by atoms with Crippen LogP contribution in [0, 0.1) is 0 Å². The van der Waals surface area contributed by atoms with Gasteiger partial charge in [0.25, 0.3) is 5.91 Å². The molecule has 4 N–H and O–H groups in total. The first-order valence-electron chi connectivity index (χ1n) is 10.7. The Hall–Kier alpha value is -3.52. The molecule has 12 nitrogen and oxygen atoms in total. The van der Waals surface area contributed by atoms with Crippen molar-refractivity contribution in [2.75, 3.05) is 35.2 Å². The Morgan fingerprint density at radius 2 is 1.66 bits per heavy atom. The highest BCUT2D eigenvalue weighted by atomic mass is 32.2. The van der Waals surface area contributed by atoms with Gasteiger partial charge in [-0.05, 0) is 30.5 Å². The second-order valence-electron chi connectivity index (χ2n) is 7.52. The van der Waals surface area contributed by atoms with Gasteiger partial charge in [-0.25, -0.2) is 4.98 Å². The number of hydrogen-bond donors (Lipinski definition) is 4. The third-order valence-electron chi connectivity index (χ3n) is 4.91. The van der Waals surface area contributed by atoms with Crippen LogP contribution in [-0.4, -0.2) is 64.8 Å². The van der Waals surface area contributed by atoms with Crippen molar-refractivity contribution in [3.63, 3.8) is 0 Å². The Balaban J connectivity index is 1.68. The van der Waals surface area contributed by atoms with Crippen molar-refractivity contribution in [2.24, 2.45) is 0 Å². The fourth-order valence-electron chi connectivity index (χ4n) is 3.34. The zero-order chi connectivity index (χ0) is 25.4. The van der Waals surface area contributed by atoms with Crippen LogP contribution in [-0.2, 0) is 17.6 Å². The zero-order valence-corrected chi connectivity index (χ0v) is 20.4. The molecule has 1 aromatic carbocycles. The summed E-state index contributed by atoms with van der Waals surface area (Å²) < 4.78 is 0. The molecule has 35 heavy (non-hydrogen) atoms. The van der Waals surface area contributed by atoms with Gasteiger partial charge in [0.1, 0.15) is 17.1 Å². The predicted octanol–water partition coefficient (Wildman–Crippen LogP) is -0.363. The third-order valence-corrected chi connectivity index (χ3v) is 6.86. The minimum atomic E-state index is -1.66. The first-order valence-corrected chi connectivity index (χ1v) is 12.6. The SMILES string of the molecule is CC(=O)Nc1nc(CCc2ccc(NC(NC(=O)[O-])NC(=O)[O-])cc2)c(C(=O)N2CCSCC2)s1. The summed E-state index contributed by atoms with van der Waals surface area (Å²) in [5.41, 5.74) is 1.97. The summed E-state index contributed by atoms with van der Waals surface area (Å²) >= 11 is 2.98. The highest BCUT2D eigenvalue weighted by Gasteiger charge is 2.25. The first kappa shape index (κ1) is 26.1. The maximum atomic E-state index is 13.1. The molecule has 0 atom stereocenters. The molecule has 1 aromatic heterocycles. The molecule has 1 fully saturated rings. The highest BCUT2D eigenvalue weighted by molar-refractivity contribution is 7.99. The van der Waals surface area contributed by atoms with Crippen LogP contribution in [0.3, 0.4) is 0 Å². The van der Waals surface area contributed by atoms with Crippen LogP contribution in [0.5, 0.6) is 0 Å². The monoisotopic (exact) mass is 520 g/mol. The van der Waals surface area contributed by atoms with Gasteiger partial charge in [-0.15, -0.1) is 0 Å². The number of nitrogens with zero attached hydrogens (tertiary/aromatic N) is 2. The number of benzene rings is 1. The quantitative estimate of drug-likeness (QED) is 0.321. The topological polar surface area (TPSA) is 179 Å². The van der Waals surface area contributed by atoms with Gasteiger partial charge in [-0.2, -0.15) is 11.8 Å². The van der Waals surface area contributed by atoms with Crippen molar-refractivity contribution >= 4 is 57.9 Å². The Morgan fingerprint density at radius 1 is 1.03 bits per heavy atom. The number of carbonyl (C=O) groups excluding carboxylic acids is 4. The molecule has 0 spiro atoms. The van der Waals surface area contributed by atoms with E-state index in [0.29, 0.717) is 47.3 Å². The fourth-order valence-corrected chi connectivity index (χ4v) is 5.27. The van der Waals surface area contributed by atoms with E-state index in [1.165, 1.54) is 18.3 Å². The van der Waals surface area contributed by atoms with Crippen molar-refractivity contribution in [3.05, 3.63) is 40.4 Å². The van der Waals surface area contributed by atoms with Crippen molar-refractivity contribution < 1.29 is 29.4 Å². The number of aromatic nitrogens is 1. The second-order valence-corrected chi connectivity index (χ2v) is 9.74. The van der Waals surface area contributed by atoms with Crippen LogP contribution < -0.4 is 31.5 Å². The average molecular weight is 521 g/mol. The Morgan fingerprint density at radius 3 is 2.23 bits per heavy atom. The molecule has 0 radical (unpaired) electrons. The van der Waals surface area contributed by atoms with Crippen LogP contribution in [0.15, 0.2) is 24.3 Å². The van der Waals surface area contributed by atoms with Gasteiger partial charge in [-0.1, -0.05) is 23.5 Å². The maximum absolute atomic E-state index is 13.1. The molecular weight excluding hydrogens is 496 g/mol. The van der Waals surface area contributed by atoms with Crippen LogP contribution in [0.4, 0.5) is 20.4 Å². The van der Waals surface area contributed by atoms with Crippen LogP contribution >= 0.6 is 23.1 Å². The lowest BCUT2D eigenvalue weighted by atomic mass is 10.1. The molecule has 1 aliphatic rings. The number of thioether (sulfide) groups is 1. The van der Waals surface area contributed by atoms with Crippen molar-refractivity contribution in [1.82, 2.24) is 20.5 Å². The number of nitrogens with one attached hydrogen (secondary N) is 4. The normalized spacial score (nSPS) is 13.3. The molecule has 4 amide bonds. The average Bonchev–Trinajstić information content (AvgIpc) is 3.19. The van der Waals surface area contributed by atoms with Gasteiger partial charge in [0.15, 0.2) is 11.4 Å². The summed E-state index contributed by atoms with van der Waals surface area (Å²) in [5.74, 6) is 1.43. The fraction of sp³-hybridized carbons (Fsp3) is 0.381. The van der Waals surface area contributed by atoms with E-state index in [2.05, 4.69) is 15.6 Å². The molecule has 3 rings (SSSR count). The van der Waals surface area contributed by atoms with E-state index in [1.54, 1.807) is 36.0 Å². The lowest BCUT2D eigenvalue weighted by Gasteiger charge is -2.26. The molecule has 0 saturated carbocycles. The summed E-state index contributed by atoms with van der Waals surface area (Å²) in [4.78, 5) is 52.8. The zero-order valence-electron chi connectivity index (χ0n) is 18.8. The summed E-state index contributed by atoms with van der Waals surface area (Å²) in [6.07, 6.45) is -3.66. The first-order chi connectivity index (χ1) is 16.7. The molecule has 14 heteroatoms. The van der Waals surface area contributed by atoms with Crippen LogP contribution in [0.2, 0.25) is 0 Å². The number of carbonyl (C=O) groups is 4. The minimum absolute atomic E-state index is 0.0826. The van der Waals surface area contributed by atoms with Gasteiger partial charge in [0, 0.05) is 37.2 Å². The number of hydrogen-bond acceptors (Lipinski definition) is 10. The Bertz CT molecular complexity index is 1050. The van der Waals surface area contributed by atoms with E-state index in [4.69, 9.17) is 0 Å². The summed E-state index contributed by atoms with van der Waals surface area (Å²) in [7, 11) is 0. The highest BCUT2D eigenvalue weighted by Crippen LogP contribution is 2.27. The summed E-state index contributed by atoms with van der Waals surface area (Å²) in [5, 5.41) is 30.9. The molecule has 2 aromatic rings. The van der Waals surface area contributed by atoms with Crippen molar-refractivity contribution in [2.45, 2.75) is 26.1 Å². The molecule has 0 unspecified atom stereocenters. The van der Waals surface area contributed by atoms with E-state index in [1.807, 2.05) is 15.5 Å². The largest absolute Gasteiger partial charge is 0.530 e. The molecule has 1 saturated heterocycles. The van der Waals surface area contributed by atoms with Gasteiger partial charge in [0.2, 0.25) is 5.91 Å². The minimum Gasteiger partial charge on any atom is -0.530 e. The van der Waals surface area contributed by atoms with E-state index in [0.717, 1.165) is 17.1 Å². The number of anilines is 2.